The molecule has 0 radical (unpaired) electrons. The molecule has 3 aromatic rings. The van der Waals surface area contributed by atoms with Gasteiger partial charge in [-0.1, -0.05) is 30.3 Å². The summed E-state index contributed by atoms with van der Waals surface area (Å²) >= 11 is 0. The van der Waals surface area contributed by atoms with E-state index in [2.05, 4.69) is 53.6 Å². The van der Waals surface area contributed by atoms with Crippen molar-refractivity contribution >= 4 is 11.6 Å². The zero-order chi connectivity index (χ0) is 19.6. The molecule has 1 N–H and O–H groups in total. The lowest BCUT2D eigenvalue weighted by Crippen LogP contribution is -2.45. The van der Waals surface area contributed by atoms with Crippen LogP contribution in [0.2, 0.25) is 0 Å². The van der Waals surface area contributed by atoms with E-state index in [1.807, 2.05) is 18.3 Å². The van der Waals surface area contributed by atoms with E-state index < -0.39 is 0 Å². The quantitative estimate of drug-likeness (QED) is 0.739. The number of carbonyl (C=O) groups excluding carboxylic acids is 1. The fourth-order valence-electron chi connectivity index (χ4n) is 4.41. The molecule has 2 aromatic heterocycles. The largest absolute Gasteiger partial charge is 0.376 e. The van der Waals surface area contributed by atoms with Gasteiger partial charge in [0, 0.05) is 24.8 Å². The second kappa shape index (κ2) is 7.36. The topological polar surface area (TPSA) is 68.5 Å². The number of rotatable bonds is 5. The molecule has 0 aliphatic carbocycles. The Hall–Kier alpha value is -2.73. The molecule has 1 fully saturated rings. The third kappa shape index (κ3) is 3.64. The van der Waals surface area contributed by atoms with Gasteiger partial charge in [0.1, 0.15) is 6.33 Å². The first-order valence-corrected chi connectivity index (χ1v) is 9.75. The van der Waals surface area contributed by atoms with Gasteiger partial charge in [-0.05, 0) is 50.8 Å². The van der Waals surface area contributed by atoms with E-state index in [1.54, 1.807) is 16.8 Å². The van der Waals surface area contributed by atoms with Crippen LogP contribution in [0.1, 0.15) is 49.0 Å². The number of ether oxygens (including phenoxy) is 1. The van der Waals surface area contributed by atoms with E-state index in [0.29, 0.717) is 17.8 Å². The minimum atomic E-state index is -0.175. The fourth-order valence-corrected chi connectivity index (χ4v) is 4.41. The predicted molar refractivity (Wildman–Crippen MR) is 107 cm³/mol. The highest BCUT2D eigenvalue weighted by Gasteiger charge is 2.41. The number of nitrogens with zero attached hydrogens (tertiary/aromatic N) is 3. The number of fused-ring (bicyclic) bond motifs is 1. The summed E-state index contributed by atoms with van der Waals surface area (Å²) in [6, 6.07) is 14.2. The zero-order valence-electron chi connectivity index (χ0n) is 16.4. The second-order valence-electron chi connectivity index (χ2n) is 8.17. The lowest BCUT2D eigenvalue weighted by Gasteiger charge is -2.45. The highest BCUT2D eigenvalue weighted by atomic mass is 16.5. The molecule has 1 aromatic carbocycles. The average molecular weight is 378 g/mol. The first-order chi connectivity index (χ1) is 13.5. The fraction of sp³-hybridized carbons (Fsp3) is 0.409. The van der Waals surface area contributed by atoms with Crippen molar-refractivity contribution in [2.45, 2.75) is 44.1 Å². The molecule has 1 aliphatic rings. The minimum Gasteiger partial charge on any atom is -0.376 e. The van der Waals surface area contributed by atoms with Gasteiger partial charge in [-0.3, -0.25) is 9.20 Å². The van der Waals surface area contributed by atoms with Gasteiger partial charge in [0.25, 0.3) is 5.91 Å². The summed E-state index contributed by atoms with van der Waals surface area (Å²) in [5, 5.41) is 11.0. The molecule has 6 heteroatoms. The Balaban J connectivity index is 1.51. The Morgan fingerprint density at radius 2 is 2.04 bits per heavy atom. The first kappa shape index (κ1) is 18.6. The number of hydrogen-bond donors (Lipinski definition) is 1. The van der Waals surface area contributed by atoms with Gasteiger partial charge >= 0.3 is 0 Å². The summed E-state index contributed by atoms with van der Waals surface area (Å²) in [5.41, 5.74) is 2.26. The third-order valence-corrected chi connectivity index (χ3v) is 5.68. The standard InChI is InChI=1S/C22H26N4O2/c1-21(2)15-22(11-14-28-21,17-7-4-3-5-8-17)10-12-23-20(27)18-9-6-13-26-16-24-25-19(18)26/h3-9,13,16H,10-12,14-15H2,1-2H3,(H,23,27)/t22-/m1/s1. The van der Waals surface area contributed by atoms with Crippen LogP contribution < -0.4 is 5.32 Å². The van der Waals surface area contributed by atoms with Gasteiger partial charge in [0.05, 0.1) is 11.2 Å². The summed E-state index contributed by atoms with van der Waals surface area (Å²) in [6.07, 6.45) is 6.18. The van der Waals surface area contributed by atoms with Crippen LogP contribution >= 0.6 is 0 Å². The van der Waals surface area contributed by atoms with Crippen LogP contribution in [-0.2, 0) is 10.2 Å². The Morgan fingerprint density at radius 1 is 1.21 bits per heavy atom. The third-order valence-electron chi connectivity index (χ3n) is 5.68. The maximum absolute atomic E-state index is 12.7. The van der Waals surface area contributed by atoms with Crippen LogP contribution in [0.5, 0.6) is 0 Å². The molecule has 1 amide bonds. The Kier molecular flexibility index (Phi) is 4.89. The zero-order valence-corrected chi connectivity index (χ0v) is 16.4. The van der Waals surface area contributed by atoms with E-state index in [4.69, 9.17) is 4.74 Å². The summed E-state index contributed by atoms with van der Waals surface area (Å²) in [7, 11) is 0. The minimum absolute atomic E-state index is 0.00282. The van der Waals surface area contributed by atoms with Crippen molar-refractivity contribution in [1.82, 2.24) is 19.9 Å². The van der Waals surface area contributed by atoms with Crippen LogP contribution in [0.15, 0.2) is 55.0 Å². The van der Waals surface area contributed by atoms with Gasteiger partial charge in [0.2, 0.25) is 0 Å². The maximum atomic E-state index is 12.7. The highest BCUT2D eigenvalue weighted by molar-refractivity contribution is 5.99. The molecular formula is C22H26N4O2. The van der Waals surface area contributed by atoms with Crippen LogP contribution in [0.3, 0.4) is 0 Å². The molecule has 0 unspecified atom stereocenters. The summed E-state index contributed by atoms with van der Waals surface area (Å²) in [6.45, 7) is 5.62. The number of nitrogens with one attached hydrogen (secondary N) is 1. The Bertz CT molecular complexity index is 967. The Morgan fingerprint density at radius 3 is 2.82 bits per heavy atom. The van der Waals surface area contributed by atoms with Gasteiger partial charge in [0.15, 0.2) is 5.65 Å². The molecule has 1 aliphatic heterocycles. The maximum Gasteiger partial charge on any atom is 0.255 e. The van der Waals surface area contributed by atoms with Crippen molar-refractivity contribution in [3.05, 3.63) is 66.1 Å². The van der Waals surface area contributed by atoms with E-state index in [0.717, 1.165) is 25.9 Å². The molecule has 146 valence electrons. The molecule has 28 heavy (non-hydrogen) atoms. The molecule has 3 heterocycles. The van der Waals surface area contributed by atoms with E-state index in [-0.39, 0.29) is 16.9 Å². The van der Waals surface area contributed by atoms with Gasteiger partial charge in [-0.2, -0.15) is 0 Å². The van der Waals surface area contributed by atoms with Gasteiger partial charge in [-0.25, -0.2) is 0 Å². The Labute approximate surface area is 164 Å². The van der Waals surface area contributed by atoms with Crippen molar-refractivity contribution in [3.63, 3.8) is 0 Å². The normalized spacial score (nSPS) is 21.5. The highest BCUT2D eigenvalue weighted by Crippen LogP contribution is 2.43. The van der Waals surface area contributed by atoms with Crippen LogP contribution in [-0.4, -0.2) is 39.3 Å². The monoisotopic (exact) mass is 378 g/mol. The molecule has 0 bridgehead atoms. The number of amides is 1. The number of hydrogen-bond acceptors (Lipinski definition) is 4. The molecule has 0 spiro atoms. The van der Waals surface area contributed by atoms with E-state index in [9.17, 15) is 4.79 Å². The lowest BCUT2D eigenvalue weighted by molar-refractivity contribution is -0.0838. The van der Waals surface area contributed by atoms with Gasteiger partial charge in [-0.15, -0.1) is 10.2 Å². The van der Waals surface area contributed by atoms with Crippen molar-refractivity contribution in [1.29, 1.82) is 0 Å². The van der Waals surface area contributed by atoms with Crippen molar-refractivity contribution in [2.75, 3.05) is 13.2 Å². The SMILES string of the molecule is CC1(C)C[C@](CCNC(=O)c2cccn3cnnc23)(c2ccccc2)CCO1. The number of benzene rings is 1. The number of aromatic nitrogens is 3. The molecule has 4 rings (SSSR count). The first-order valence-electron chi connectivity index (χ1n) is 9.75. The summed E-state index contributed by atoms with van der Waals surface area (Å²) < 4.78 is 7.72. The van der Waals surface area contributed by atoms with E-state index in [1.165, 1.54) is 5.56 Å². The number of pyridine rings is 1. The smallest absolute Gasteiger partial charge is 0.255 e. The van der Waals surface area contributed by atoms with Crippen LogP contribution in [0, 0.1) is 0 Å². The average Bonchev–Trinajstić information content (AvgIpc) is 3.16. The number of carbonyl (C=O) groups is 1. The molecule has 6 nitrogen and oxygen atoms in total. The van der Waals surface area contributed by atoms with Crippen molar-refractivity contribution in [3.8, 4) is 0 Å². The van der Waals surface area contributed by atoms with E-state index >= 15 is 0 Å². The second-order valence-corrected chi connectivity index (χ2v) is 8.17. The summed E-state index contributed by atoms with van der Waals surface area (Å²) in [5.74, 6) is -0.117. The van der Waals surface area contributed by atoms with Crippen LogP contribution in [0.4, 0.5) is 0 Å². The summed E-state index contributed by atoms with van der Waals surface area (Å²) in [4.78, 5) is 12.7. The molecule has 1 atom stereocenters. The van der Waals surface area contributed by atoms with Gasteiger partial charge < -0.3 is 10.1 Å². The molecular weight excluding hydrogens is 352 g/mol. The lowest BCUT2D eigenvalue weighted by atomic mass is 9.67. The van der Waals surface area contributed by atoms with Crippen LogP contribution in [0.25, 0.3) is 5.65 Å². The molecule has 0 saturated carbocycles. The molecule has 1 saturated heterocycles. The van der Waals surface area contributed by atoms with Crippen molar-refractivity contribution in [2.24, 2.45) is 0 Å². The van der Waals surface area contributed by atoms with Crippen molar-refractivity contribution < 1.29 is 9.53 Å². The predicted octanol–water partition coefficient (Wildman–Crippen LogP) is 3.38.